The summed E-state index contributed by atoms with van der Waals surface area (Å²) in [5.41, 5.74) is 0. The SMILES string of the molecule is C=CC(Cl)(Cl)C(C)=O. The van der Waals surface area contributed by atoms with Crippen LogP contribution in [0, 0.1) is 0 Å². The molecule has 0 bridgehead atoms. The van der Waals surface area contributed by atoms with Crippen molar-refractivity contribution < 1.29 is 4.79 Å². The molecule has 0 N–H and O–H groups in total. The molecule has 0 aromatic carbocycles. The van der Waals surface area contributed by atoms with E-state index in [4.69, 9.17) is 23.2 Å². The highest BCUT2D eigenvalue weighted by Gasteiger charge is 2.24. The summed E-state index contributed by atoms with van der Waals surface area (Å²) < 4.78 is -1.39. The predicted molar refractivity (Wildman–Crippen MR) is 35.3 cm³/mol. The number of carbonyl (C=O) groups is 1. The Morgan fingerprint density at radius 1 is 1.75 bits per heavy atom. The van der Waals surface area contributed by atoms with Crippen LogP contribution in [0.15, 0.2) is 12.7 Å². The molecule has 0 unspecified atom stereocenters. The van der Waals surface area contributed by atoms with E-state index in [9.17, 15) is 4.79 Å². The zero-order valence-electron chi connectivity index (χ0n) is 4.45. The Labute approximate surface area is 58.3 Å². The third-order valence-electron chi connectivity index (χ3n) is 0.726. The van der Waals surface area contributed by atoms with Crippen molar-refractivity contribution in [2.75, 3.05) is 0 Å². The quantitative estimate of drug-likeness (QED) is 0.437. The highest BCUT2D eigenvalue weighted by Crippen LogP contribution is 2.22. The summed E-state index contributed by atoms with van der Waals surface area (Å²) in [5, 5.41) is 0. The second kappa shape index (κ2) is 2.51. The van der Waals surface area contributed by atoms with Gasteiger partial charge in [-0.3, -0.25) is 4.79 Å². The van der Waals surface area contributed by atoms with Crippen molar-refractivity contribution in [3.8, 4) is 0 Å². The Kier molecular flexibility index (Phi) is 2.51. The van der Waals surface area contributed by atoms with Crippen LogP contribution in [0.5, 0.6) is 0 Å². The zero-order valence-corrected chi connectivity index (χ0v) is 5.96. The second-order valence-electron chi connectivity index (χ2n) is 1.38. The van der Waals surface area contributed by atoms with E-state index in [-0.39, 0.29) is 5.78 Å². The van der Waals surface area contributed by atoms with Crippen LogP contribution < -0.4 is 0 Å². The second-order valence-corrected chi connectivity index (χ2v) is 2.77. The zero-order chi connectivity index (χ0) is 6.78. The first-order valence-electron chi connectivity index (χ1n) is 2.03. The van der Waals surface area contributed by atoms with Crippen molar-refractivity contribution in [2.45, 2.75) is 11.3 Å². The normalized spacial score (nSPS) is 10.9. The van der Waals surface area contributed by atoms with Gasteiger partial charge in [0.15, 0.2) is 10.1 Å². The van der Waals surface area contributed by atoms with Gasteiger partial charge in [-0.25, -0.2) is 0 Å². The largest absolute Gasteiger partial charge is 0.296 e. The third-order valence-corrected chi connectivity index (χ3v) is 1.57. The van der Waals surface area contributed by atoms with Crippen molar-refractivity contribution in [2.24, 2.45) is 0 Å². The Bertz CT molecular complexity index is 118. The van der Waals surface area contributed by atoms with Gasteiger partial charge in [0, 0.05) is 0 Å². The molecule has 0 heterocycles. The minimum atomic E-state index is -1.39. The number of alkyl halides is 2. The van der Waals surface area contributed by atoms with Crippen molar-refractivity contribution in [3.63, 3.8) is 0 Å². The summed E-state index contributed by atoms with van der Waals surface area (Å²) in [6, 6.07) is 0. The lowest BCUT2D eigenvalue weighted by atomic mass is 10.3. The summed E-state index contributed by atoms with van der Waals surface area (Å²) in [6.45, 7) is 4.58. The van der Waals surface area contributed by atoms with Gasteiger partial charge in [0.25, 0.3) is 0 Å². The molecule has 0 radical (unpaired) electrons. The number of Topliss-reactive ketones (excluding diaryl/α,β-unsaturated/α-hetero) is 1. The molecule has 0 saturated carbocycles. The molecule has 0 aromatic heterocycles. The number of hydrogen-bond donors (Lipinski definition) is 0. The van der Waals surface area contributed by atoms with Crippen LogP contribution in [-0.4, -0.2) is 10.1 Å². The minimum Gasteiger partial charge on any atom is -0.296 e. The number of ketones is 1. The monoisotopic (exact) mass is 152 g/mol. The molecule has 0 aromatic rings. The highest BCUT2D eigenvalue weighted by molar-refractivity contribution is 6.59. The standard InChI is InChI=1S/C5H6Cl2O/c1-3-5(6,7)4(2)8/h3H,1H2,2H3. The molecule has 8 heavy (non-hydrogen) atoms. The van der Waals surface area contributed by atoms with Gasteiger partial charge < -0.3 is 0 Å². The summed E-state index contributed by atoms with van der Waals surface area (Å²) in [4.78, 5) is 10.4. The maximum Gasteiger partial charge on any atom is 0.193 e. The van der Waals surface area contributed by atoms with Crippen LogP contribution in [-0.2, 0) is 4.79 Å². The molecular formula is C5H6Cl2O. The van der Waals surface area contributed by atoms with E-state index >= 15 is 0 Å². The van der Waals surface area contributed by atoms with E-state index in [1.165, 1.54) is 13.0 Å². The summed E-state index contributed by atoms with van der Waals surface area (Å²) in [5.74, 6) is -0.309. The van der Waals surface area contributed by atoms with Crippen molar-refractivity contribution in [3.05, 3.63) is 12.7 Å². The average molecular weight is 153 g/mol. The smallest absolute Gasteiger partial charge is 0.193 e. The molecule has 0 spiro atoms. The first kappa shape index (κ1) is 7.99. The Hall–Kier alpha value is -0.0100. The molecule has 0 fully saturated rings. The molecular weight excluding hydrogens is 147 g/mol. The van der Waals surface area contributed by atoms with Crippen LogP contribution in [0.2, 0.25) is 0 Å². The molecule has 1 nitrogen and oxygen atoms in total. The highest BCUT2D eigenvalue weighted by atomic mass is 35.5. The van der Waals surface area contributed by atoms with Gasteiger partial charge in [0.1, 0.15) is 0 Å². The van der Waals surface area contributed by atoms with Crippen LogP contribution >= 0.6 is 23.2 Å². The van der Waals surface area contributed by atoms with Crippen LogP contribution in [0.4, 0.5) is 0 Å². The van der Waals surface area contributed by atoms with Crippen LogP contribution in [0.3, 0.4) is 0 Å². The fraction of sp³-hybridized carbons (Fsp3) is 0.400. The molecule has 0 aliphatic heterocycles. The molecule has 0 amide bonds. The Morgan fingerprint density at radius 3 is 2.12 bits per heavy atom. The lowest BCUT2D eigenvalue weighted by Gasteiger charge is -2.06. The van der Waals surface area contributed by atoms with E-state index in [0.717, 1.165) is 0 Å². The van der Waals surface area contributed by atoms with Gasteiger partial charge >= 0.3 is 0 Å². The maximum atomic E-state index is 10.4. The number of carbonyl (C=O) groups excluding carboxylic acids is 1. The van der Waals surface area contributed by atoms with E-state index in [0.29, 0.717) is 0 Å². The van der Waals surface area contributed by atoms with Crippen LogP contribution in [0.25, 0.3) is 0 Å². The maximum absolute atomic E-state index is 10.4. The van der Waals surface area contributed by atoms with Gasteiger partial charge in [0.05, 0.1) is 0 Å². The number of rotatable bonds is 2. The number of hydrogen-bond acceptors (Lipinski definition) is 1. The molecule has 46 valence electrons. The predicted octanol–water partition coefficient (Wildman–Crippen LogP) is 1.94. The van der Waals surface area contributed by atoms with E-state index in [1.807, 2.05) is 0 Å². The van der Waals surface area contributed by atoms with E-state index in [2.05, 4.69) is 6.58 Å². The fourth-order valence-electron chi connectivity index (χ4n) is 0.144. The summed E-state index contributed by atoms with van der Waals surface area (Å²) in [6.07, 6.45) is 1.19. The Morgan fingerprint density at radius 2 is 2.12 bits per heavy atom. The number of allylic oxidation sites excluding steroid dienone is 1. The molecule has 0 aliphatic rings. The molecule has 0 atom stereocenters. The van der Waals surface area contributed by atoms with Gasteiger partial charge in [-0.1, -0.05) is 29.8 Å². The molecule has 0 rings (SSSR count). The average Bonchev–Trinajstić information content (AvgIpc) is 1.67. The van der Waals surface area contributed by atoms with Crippen molar-refractivity contribution in [1.29, 1.82) is 0 Å². The van der Waals surface area contributed by atoms with E-state index < -0.39 is 4.33 Å². The van der Waals surface area contributed by atoms with Gasteiger partial charge in [-0.05, 0) is 13.0 Å². The third kappa shape index (κ3) is 1.85. The summed E-state index contributed by atoms with van der Waals surface area (Å²) in [7, 11) is 0. The van der Waals surface area contributed by atoms with Gasteiger partial charge in [-0.15, -0.1) is 0 Å². The molecule has 3 heteroatoms. The Balaban J connectivity index is 4.12. The first-order chi connectivity index (χ1) is 3.50. The lowest BCUT2D eigenvalue weighted by Crippen LogP contribution is -2.18. The van der Waals surface area contributed by atoms with Gasteiger partial charge in [-0.2, -0.15) is 0 Å². The van der Waals surface area contributed by atoms with Crippen molar-refractivity contribution >= 4 is 29.0 Å². The molecule has 0 aliphatic carbocycles. The summed E-state index contributed by atoms with van der Waals surface area (Å²) >= 11 is 10.7. The van der Waals surface area contributed by atoms with Crippen LogP contribution in [0.1, 0.15) is 6.92 Å². The first-order valence-corrected chi connectivity index (χ1v) is 2.78. The molecule has 0 saturated heterocycles. The topological polar surface area (TPSA) is 17.1 Å². The van der Waals surface area contributed by atoms with Crippen molar-refractivity contribution in [1.82, 2.24) is 0 Å². The lowest BCUT2D eigenvalue weighted by molar-refractivity contribution is -0.116. The number of halogens is 2. The van der Waals surface area contributed by atoms with E-state index in [1.54, 1.807) is 0 Å². The fourth-order valence-corrected chi connectivity index (χ4v) is 0.144. The van der Waals surface area contributed by atoms with Gasteiger partial charge in [0.2, 0.25) is 0 Å². The minimum absolute atomic E-state index is 0.309.